The summed E-state index contributed by atoms with van der Waals surface area (Å²) in [6.45, 7) is 5.72. The predicted molar refractivity (Wildman–Crippen MR) is 136 cm³/mol. The molecule has 2 aromatic carbocycles. The van der Waals surface area contributed by atoms with Crippen LogP contribution in [0.2, 0.25) is 0 Å². The second-order valence-electron chi connectivity index (χ2n) is 9.70. The van der Waals surface area contributed by atoms with E-state index in [2.05, 4.69) is 10.6 Å². The third-order valence-corrected chi connectivity index (χ3v) is 5.39. The lowest BCUT2D eigenvalue weighted by Crippen LogP contribution is -2.46. The highest BCUT2D eigenvalue weighted by molar-refractivity contribution is 5.81. The number of para-hydroxylation sites is 1. The van der Waals surface area contributed by atoms with Crippen molar-refractivity contribution in [3.63, 3.8) is 0 Å². The monoisotopic (exact) mass is 478 g/mol. The number of rotatable bonds is 10. The zero-order chi connectivity index (χ0) is 25.4. The van der Waals surface area contributed by atoms with Crippen molar-refractivity contribution in [3.8, 4) is 0 Å². The van der Waals surface area contributed by atoms with Crippen molar-refractivity contribution in [2.75, 3.05) is 0 Å². The van der Waals surface area contributed by atoms with Gasteiger partial charge in [0.2, 0.25) is 11.8 Å². The summed E-state index contributed by atoms with van der Waals surface area (Å²) in [6.07, 6.45) is 1.84. The van der Waals surface area contributed by atoms with Gasteiger partial charge in [-0.3, -0.25) is 9.59 Å². The molecule has 35 heavy (non-hydrogen) atoms. The Kier molecular flexibility index (Phi) is 8.52. The zero-order valence-electron chi connectivity index (χ0n) is 20.5. The fraction of sp³-hybridized carbons (Fsp3) is 0.370. The molecule has 4 N–H and O–H groups in total. The van der Waals surface area contributed by atoms with Crippen LogP contribution in [0.3, 0.4) is 0 Å². The average molecular weight is 479 g/mol. The van der Waals surface area contributed by atoms with Gasteiger partial charge in [-0.15, -0.1) is 0 Å². The lowest BCUT2D eigenvalue weighted by Gasteiger charge is -2.25. The van der Waals surface area contributed by atoms with Crippen LogP contribution in [-0.4, -0.2) is 40.2 Å². The van der Waals surface area contributed by atoms with E-state index in [0.717, 1.165) is 16.5 Å². The maximum absolute atomic E-state index is 13.0. The lowest BCUT2D eigenvalue weighted by molar-refractivity contribution is -0.123. The van der Waals surface area contributed by atoms with Crippen LogP contribution in [0.4, 0.5) is 4.79 Å². The number of carbonyl (C=O) groups is 3. The molecule has 0 saturated carbocycles. The van der Waals surface area contributed by atoms with E-state index in [4.69, 9.17) is 10.5 Å². The zero-order valence-corrected chi connectivity index (χ0v) is 20.5. The van der Waals surface area contributed by atoms with Gasteiger partial charge in [0.25, 0.3) is 0 Å². The Hall–Kier alpha value is -3.81. The van der Waals surface area contributed by atoms with Crippen molar-refractivity contribution < 1.29 is 19.1 Å². The summed E-state index contributed by atoms with van der Waals surface area (Å²) < 4.78 is 7.41. The second-order valence-corrected chi connectivity index (χ2v) is 9.70. The summed E-state index contributed by atoms with van der Waals surface area (Å²) in [5.74, 6) is -0.779. The molecular formula is C27H34N4O4. The summed E-state index contributed by atoms with van der Waals surface area (Å²) in [6, 6.07) is 18.5. The van der Waals surface area contributed by atoms with E-state index < -0.39 is 29.7 Å². The fourth-order valence-corrected chi connectivity index (χ4v) is 4.00. The highest BCUT2D eigenvalue weighted by Crippen LogP contribution is 2.17. The Balaban J connectivity index is 1.73. The molecule has 8 nitrogen and oxygen atoms in total. The molecule has 1 aromatic heterocycles. The smallest absolute Gasteiger partial charge is 0.407 e. The Morgan fingerprint density at radius 2 is 1.60 bits per heavy atom. The molecule has 0 aliphatic heterocycles. The summed E-state index contributed by atoms with van der Waals surface area (Å²) in [7, 11) is 0. The standard InChI is InChI=1S/C27H34N4O4/c1-27(2,3)35-26(34)30-22(18-31-14-13-20-11-7-8-12-23(20)31)17-25(33)29-21(16-24(28)32)15-19-9-5-4-6-10-19/h4-14,21-22H,15-18H2,1-3H3,(H2,28,32)(H,29,33)(H,30,34)/t21-,22+/m0/s1. The summed E-state index contributed by atoms with van der Waals surface area (Å²) >= 11 is 0. The van der Waals surface area contributed by atoms with Gasteiger partial charge in [0, 0.05) is 37.1 Å². The summed E-state index contributed by atoms with van der Waals surface area (Å²) in [5, 5.41) is 6.83. The number of fused-ring (bicyclic) bond motifs is 1. The molecular weight excluding hydrogens is 444 g/mol. The average Bonchev–Trinajstić information content (AvgIpc) is 3.15. The Labute approximate surface area is 205 Å². The van der Waals surface area contributed by atoms with E-state index in [9.17, 15) is 14.4 Å². The predicted octanol–water partition coefficient (Wildman–Crippen LogP) is 3.53. The number of alkyl carbamates (subject to hydrolysis) is 1. The quantitative estimate of drug-likeness (QED) is 0.413. The number of nitrogens with two attached hydrogens (primary N) is 1. The number of amides is 3. The number of hydrogen-bond acceptors (Lipinski definition) is 4. The molecule has 0 aliphatic rings. The number of nitrogens with one attached hydrogen (secondary N) is 2. The first-order valence-electron chi connectivity index (χ1n) is 11.7. The van der Waals surface area contributed by atoms with Gasteiger partial charge in [-0.2, -0.15) is 0 Å². The SMILES string of the molecule is CC(C)(C)OC(=O)N[C@H](CC(=O)N[C@H](CC(N)=O)Cc1ccccc1)Cn1ccc2ccccc21. The minimum Gasteiger partial charge on any atom is -0.444 e. The molecule has 0 unspecified atom stereocenters. The maximum atomic E-state index is 13.0. The highest BCUT2D eigenvalue weighted by Gasteiger charge is 2.24. The molecule has 0 spiro atoms. The molecule has 0 aliphatic carbocycles. The van der Waals surface area contributed by atoms with Gasteiger partial charge < -0.3 is 25.7 Å². The number of hydrogen-bond donors (Lipinski definition) is 3. The molecule has 0 fully saturated rings. The van der Waals surface area contributed by atoms with Crippen LogP contribution in [-0.2, 0) is 27.3 Å². The maximum Gasteiger partial charge on any atom is 0.407 e. The summed E-state index contributed by atoms with van der Waals surface area (Å²) in [4.78, 5) is 37.2. The van der Waals surface area contributed by atoms with E-state index in [1.54, 1.807) is 20.8 Å². The normalized spacial score (nSPS) is 13.1. The molecule has 3 rings (SSSR count). The third kappa shape index (κ3) is 8.48. The van der Waals surface area contributed by atoms with Crippen LogP contribution < -0.4 is 16.4 Å². The molecule has 0 saturated heterocycles. The first kappa shape index (κ1) is 25.8. The number of ether oxygens (including phenoxy) is 1. The first-order chi connectivity index (χ1) is 16.6. The van der Waals surface area contributed by atoms with Crippen molar-refractivity contribution in [2.45, 2.75) is 64.3 Å². The molecule has 3 aromatic rings. The minimum absolute atomic E-state index is 0.00972. The van der Waals surface area contributed by atoms with Crippen molar-refractivity contribution >= 4 is 28.8 Å². The van der Waals surface area contributed by atoms with Gasteiger partial charge in [0.1, 0.15) is 5.60 Å². The fourth-order valence-electron chi connectivity index (χ4n) is 4.00. The third-order valence-electron chi connectivity index (χ3n) is 5.39. The molecule has 0 bridgehead atoms. The minimum atomic E-state index is -0.667. The molecule has 1 heterocycles. The van der Waals surface area contributed by atoms with Crippen molar-refractivity contribution in [1.29, 1.82) is 0 Å². The largest absolute Gasteiger partial charge is 0.444 e. The van der Waals surface area contributed by atoms with E-state index in [1.807, 2.05) is 71.4 Å². The molecule has 0 radical (unpaired) electrons. The second kappa shape index (κ2) is 11.6. The topological polar surface area (TPSA) is 115 Å². The molecule has 2 atom stereocenters. The van der Waals surface area contributed by atoms with E-state index in [0.29, 0.717) is 13.0 Å². The van der Waals surface area contributed by atoms with Crippen LogP contribution >= 0.6 is 0 Å². The summed E-state index contributed by atoms with van der Waals surface area (Å²) in [5.41, 5.74) is 6.74. The van der Waals surface area contributed by atoms with Crippen LogP contribution in [0.5, 0.6) is 0 Å². The Bertz CT molecular complexity index is 1150. The molecule has 3 amide bonds. The van der Waals surface area contributed by atoms with Gasteiger partial charge in [-0.25, -0.2) is 4.79 Å². The Morgan fingerprint density at radius 1 is 0.914 bits per heavy atom. The number of benzene rings is 2. The number of primary amides is 1. The number of aromatic nitrogens is 1. The van der Waals surface area contributed by atoms with Crippen molar-refractivity contribution in [2.24, 2.45) is 5.73 Å². The van der Waals surface area contributed by atoms with Crippen LogP contribution in [0.15, 0.2) is 66.9 Å². The van der Waals surface area contributed by atoms with Gasteiger partial charge >= 0.3 is 6.09 Å². The number of nitrogens with zero attached hydrogens (tertiary/aromatic N) is 1. The van der Waals surface area contributed by atoms with E-state index in [1.165, 1.54) is 0 Å². The van der Waals surface area contributed by atoms with E-state index >= 15 is 0 Å². The van der Waals surface area contributed by atoms with Gasteiger partial charge in [-0.05, 0) is 50.3 Å². The number of carbonyl (C=O) groups excluding carboxylic acids is 3. The van der Waals surface area contributed by atoms with Gasteiger partial charge in [0.05, 0.1) is 6.04 Å². The van der Waals surface area contributed by atoms with Gasteiger partial charge in [0.15, 0.2) is 0 Å². The van der Waals surface area contributed by atoms with E-state index in [-0.39, 0.29) is 18.7 Å². The van der Waals surface area contributed by atoms with Crippen molar-refractivity contribution in [3.05, 3.63) is 72.4 Å². The van der Waals surface area contributed by atoms with Crippen LogP contribution in [0.25, 0.3) is 10.9 Å². The first-order valence-corrected chi connectivity index (χ1v) is 11.7. The van der Waals surface area contributed by atoms with Crippen LogP contribution in [0.1, 0.15) is 39.2 Å². The lowest BCUT2D eigenvalue weighted by atomic mass is 10.0. The van der Waals surface area contributed by atoms with Gasteiger partial charge in [-0.1, -0.05) is 48.5 Å². The Morgan fingerprint density at radius 3 is 2.29 bits per heavy atom. The molecule has 186 valence electrons. The van der Waals surface area contributed by atoms with Crippen molar-refractivity contribution in [1.82, 2.24) is 15.2 Å². The van der Waals surface area contributed by atoms with Crippen LogP contribution in [0, 0.1) is 0 Å². The molecule has 8 heteroatoms. The highest BCUT2D eigenvalue weighted by atomic mass is 16.6.